The number of methoxy groups -OCH3 is 2. The average Bonchev–Trinajstić information content (AvgIpc) is 2.95. The molecule has 0 spiro atoms. The summed E-state index contributed by atoms with van der Waals surface area (Å²) in [5.41, 5.74) is 1.79. The maximum absolute atomic E-state index is 5.42. The van der Waals surface area contributed by atoms with Crippen LogP contribution in [0.3, 0.4) is 0 Å². The number of hydrogen-bond acceptors (Lipinski definition) is 5. The molecule has 108 valence electrons. The highest BCUT2D eigenvalue weighted by Crippen LogP contribution is 2.30. The average molecular weight is 284 g/mol. The fraction of sp³-hybridized carbons (Fsp3) is 0.200. The first-order valence-corrected chi connectivity index (χ1v) is 6.57. The molecule has 21 heavy (non-hydrogen) atoms. The Morgan fingerprint density at radius 1 is 1.05 bits per heavy atom. The van der Waals surface area contributed by atoms with E-state index >= 15 is 0 Å². The minimum atomic E-state index is 0.566. The van der Waals surface area contributed by atoms with E-state index in [4.69, 9.17) is 9.47 Å². The van der Waals surface area contributed by atoms with Gasteiger partial charge in [-0.1, -0.05) is 18.2 Å². The molecule has 3 rings (SSSR count). The van der Waals surface area contributed by atoms with Crippen molar-refractivity contribution >= 4 is 11.6 Å². The van der Waals surface area contributed by atoms with Crippen LogP contribution in [0, 0.1) is 0 Å². The lowest BCUT2D eigenvalue weighted by molar-refractivity contribution is 0.352. The predicted octanol–water partition coefficient (Wildman–Crippen LogP) is 2.36. The minimum absolute atomic E-state index is 0.566. The molecule has 6 nitrogen and oxygen atoms in total. The lowest BCUT2D eigenvalue weighted by Gasteiger charge is -2.12. The van der Waals surface area contributed by atoms with E-state index in [9.17, 15) is 0 Å². The summed E-state index contributed by atoms with van der Waals surface area (Å²) < 4.78 is 12.6. The van der Waals surface area contributed by atoms with Gasteiger partial charge in [0.1, 0.15) is 0 Å². The van der Waals surface area contributed by atoms with Crippen molar-refractivity contribution in [1.82, 2.24) is 14.6 Å². The fourth-order valence-electron chi connectivity index (χ4n) is 2.23. The van der Waals surface area contributed by atoms with Crippen molar-refractivity contribution in [3.05, 3.63) is 48.2 Å². The molecule has 0 aliphatic rings. The number of benzene rings is 1. The van der Waals surface area contributed by atoms with Crippen molar-refractivity contribution in [2.24, 2.45) is 0 Å². The van der Waals surface area contributed by atoms with Gasteiger partial charge in [0.25, 0.3) is 0 Å². The van der Waals surface area contributed by atoms with Crippen molar-refractivity contribution in [2.45, 2.75) is 6.54 Å². The molecule has 0 atom stereocenters. The van der Waals surface area contributed by atoms with Gasteiger partial charge in [-0.3, -0.25) is 4.40 Å². The number of nitrogens with zero attached hydrogens (tertiary/aromatic N) is 3. The van der Waals surface area contributed by atoms with Crippen molar-refractivity contribution in [3.63, 3.8) is 0 Å². The van der Waals surface area contributed by atoms with Crippen LogP contribution in [0.2, 0.25) is 0 Å². The summed E-state index contributed by atoms with van der Waals surface area (Å²) in [6, 6.07) is 11.6. The first-order valence-electron chi connectivity index (χ1n) is 6.57. The first kappa shape index (κ1) is 13.2. The molecule has 0 radical (unpaired) electrons. The van der Waals surface area contributed by atoms with Crippen LogP contribution in [0.5, 0.6) is 11.5 Å². The number of hydrogen-bond donors (Lipinski definition) is 1. The number of pyridine rings is 1. The van der Waals surface area contributed by atoms with Crippen LogP contribution in [0.15, 0.2) is 42.6 Å². The molecule has 2 heterocycles. The quantitative estimate of drug-likeness (QED) is 0.779. The second-order valence-electron chi connectivity index (χ2n) is 4.46. The Kier molecular flexibility index (Phi) is 3.59. The van der Waals surface area contributed by atoms with E-state index in [0.29, 0.717) is 18.2 Å². The van der Waals surface area contributed by atoms with Crippen LogP contribution >= 0.6 is 0 Å². The third kappa shape index (κ3) is 2.47. The monoisotopic (exact) mass is 284 g/mol. The lowest BCUT2D eigenvalue weighted by atomic mass is 10.2. The predicted molar refractivity (Wildman–Crippen MR) is 79.9 cm³/mol. The number of rotatable bonds is 5. The normalized spacial score (nSPS) is 10.6. The van der Waals surface area contributed by atoms with E-state index in [1.807, 2.05) is 47.0 Å². The van der Waals surface area contributed by atoms with Gasteiger partial charge in [0.15, 0.2) is 17.1 Å². The van der Waals surface area contributed by atoms with E-state index in [-0.39, 0.29) is 0 Å². The molecule has 3 aromatic rings. The molecule has 0 aliphatic heterocycles. The van der Waals surface area contributed by atoms with Crippen molar-refractivity contribution in [3.8, 4) is 11.5 Å². The molecule has 0 saturated carbocycles. The molecule has 1 aromatic carbocycles. The Hall–Kier alpha value is -2.76. The third-order valence-corrected chi connectivity index (χ3v) is 3.24. The van der Waals surface area contributed by atoms with Gasteiger partial charge in [0, 0.05) is 18.3 Å². The summed E-state index contributed by atoms with van der Waals surface area (Å²) in [5, 5.41) is 11.5. The Balaban J connectivity index is 1.85. The van der Waals surface area contributed by atoms with Crippen LogP contribution in [0.4, 0.5) is 5.95 Å². The molecule has 0 aliphatic carbocycles. The zero-order valence-corrected chi connectivity index (χ0v) is 11.9. The van der Waals surface area contributed by atoms with Gasteiger partial charge in [-0.05, 0) is 18.2 Å². The summed E-state index contributed by atoms with van der Waals surface area (Å²) >= 11 is 0. The molecule has 0 bridgehead atoms. The highest BCUT2D eigenvalue weighted by molar-refractivity contribution is 5.49. The molecule has 0 fully saturated rings. The van der Waals surface area contributed by atoms with E-state index in [2.05, 4.69) is 15.5 Å². The maximum atomic E-state index is 5.42. The largest absolute Gasteiger partial charge is 0.493 e. The highest BCUT2D eigenvalue weighted by Gasteiger charge is 2.10. The topological polar surface area (TPSA) is 60.7 Å². The minimum Gasteiger partial charge on any atom is -0.493 e. The summed E-state index contributed by atoms with van der Waals surface area (Å²) in [6.07, 6.45) is 1.92. The molecular weight excluding hydrogens is 268 g/mol. The molecule has 6 heteroatoms. The van der Waals surface area contributed by atoms with Gasteiger partial charge in [-0.25, -0.2) is 0 Å². The van der Waals surface area contributed by atoms with Gasteiger partial charge in [0.05, 0.1) is 14.2 Å². The number of para-hydroxylation sites is 1. The second-order valence-corrected chi connectivity index (χ2v) is 4.46. The van der Waals surface area contributed by atoms with Gasteiger partial charge in [-0.15, -0.1) is 10.2 Å². The Morgan fingerprint density at radius 3 is 2.76 bits per heavy atom. The van der Waals surface area contributed by atoms with Crippen molar-refractivity contribution in [1.29, 1.82) is 0 Å². The zero-order valence-electron chi connectivity index (χ0n) is 11.9. The van der Waals surface area contributed by atoms with E-state index < -0.39 is 0 Å². The van der Waals surface area contributed by atoms with Crippen LogP contribution in [0.25, 0.3) is 5.65 Å². The van der Waals surface area contributed by atoms with Crippen LogP contribution in [-0.2, 0) is 6.54 Å². The van der Waals surface area contributed by atoms with Crippen molar-refractivity contribution in [2.75, 3.05) is 19.5 Å². The van der Waals surface area contributed by atoms with E-state index in [1.54, 1.807) is 14.2 Å². The van der Waals surface area contributed by atoms with Crippen molar-refractivity contribution < 1.29 is 9.47 Å². The van der Waals surface area contributed by atoms with Gasteiger partial charge in [-0.2, -0.15) is 0 Å². The van der Waals surface area contributed by atoms with Gasteiger partial charge >= 0.3 is 0 Å². The maximum Gasteiger partial charge on any atom is 0.229 e. The summed E-state index contributed by atoms with van der Waals surface area (Å²) in [4.78, 5) is 0. The van der Waals surface area contributed by atoms with Gasteiger partial charge in [0.2, 0.25) is 5.95 Å². The summed E-state index contributed by atoms with van der Waals surface area (Å²) in [6.45, 7) is 0.566. The fourth-order valence-corrected chi connectivity index (χ4v) is 2.23. The summed E-state index contributed by atoms with van der Waals surface area (Å²) in [7, 11) is 3.26. The number of fused-ring (bicyclic) bond motifs is 1. The third-order valence-electron chi connectivity index (χ3n) is 3.24. The van der Waals surface area contributed by atoms with E-state index in [0.717, 1.165) is 17.0 Å². The number of ether oxygens (including phenoxy) is 2. The number of aromatic nitrogens is 3. The molecule has 2 aromatic heterocycles. The lowest BCUT2D eigenvalue weighted by Crippen LogP contribution is -2.05. The SMILES string of the molecule is COc1cccc(CNc2nnc3ccccn23)c1OC. The van der Waals surface area contributed by atoms with E-state index in [1.165, 1.54) is 0 Å². The molecule has 0 saturated heterocycles. The van der Waals surface area contributed by atoms with Crippen LogP contribution < -0.4 is 14.8 Å². The summed E-state index contributed by atoms with van der Waals surface area (Å²) in [5.74, 6) is 2.12. The second kappa shape index (κ2) is 5.70. The molecule has 0 amide bonds. The smallest absolute Gasteiger partial charge is 0.229 e. The highest BCUT2D eigenvalue weighted by atomic mass is 16.5. The Morgan fingerprint density at radius 2 is 1.95 bits per heavy atom. The van der Waals surface area contributed by atoms with Crippen LogP contribution in [0.1, 0.15) is 5.56 Å². The first-order chi connectivity index (χ1) is 10.3. The van der Waals surface area contributed by atoms with Crippen LogP contribution in [-0.4, -0.2) is 28.8 Å². The Labute approximate surface area is 122 Å². The van der Waals surface area contributed by atoms with Gasteiger partial charge < -0.3 is 14.8 Å². The number of anilines is 1. The molecular formula is C15H16N4O2. The molecule has 1 N–H and O–H groups in total. The Bertz CT molecular complexity index is 754. The zero-order chi connectivity index (χ0) is 14.7. The standard InChI is InChI=1S/C15H16N4O2/c1-20-12-7-5-6-11(14(12)21-2)10-16-15-18-17-13-8-3-4-9-19(13)15/h3-9H,10H2,1-2H3,(H,16,18). The number of nitrogens with one attached hydrogen (secondary N) is 1. The molecule has 0 unspecified atom stereocenters.